The van der Waals surface area contributed by atoms with E-state index in [1.165, 1.54) is 16.5 Å². The molecule has 0 aliphatic heterocycles. The van der Waals surface area contributed by atoms with Gasteiger partial charge in [0.05, 0.1) is 0 Å². The summed E-state index contributed by atoms with van der Waals surface area (Å²) in [6.07, 6.45) is 1.34. The van der Waals surface area contributed by atoms with Gasteiger partial charge in [0.15, 0.2) is 0 Å². The third-order valence-electron chi connectivity index (χ3n) is 2.99. The molecule has 0 spiro atoms. The van der Waals surface area contributed by atoms with Crippen LogP contribution in [0.4, 0.5) is 0 Å². The number of hydrogen-bond acceptors (Lipinski definition) is 1. The summed E-state index contributed by atoms with van der Waals surface area (Å²) < 4.78 is 1.20. The van der Waals surface area contributed by atoms with Crippen molar-refractivity contribution in [1.29, 1.82) is 0 Å². The van der Waals surface area contributed by atoms with Crippen LogP contribution in [0.15, 0.2) is 28.7 Å². The topological polar surface area (TPSA) is 12.0 Å². The summed E-state index contributed by atoms with van der Waals surface area (Å²) in [4.78, 5) is 0. The maximum absolute atomic E-state index is 3.52. The first kappa shape index (κ1) is 11.2. The van der Waals surface area contributed by atoms with E-state index < -0.39 is 0 Å². The zero-order valence-electron chi connectivity index (χ0n) is 9.33. The van der Waals surface area contributed by atoms with Crippen LogP contribution in [0.1, 0.15) is 31.7 Å². The summed E-state index contributed by atoms with van der Waals surface area (Å²) in [5.74, 6) is 1.63. The van der Waals surface area contributed by atoms with Crippen molar-refractivity contribution < 1.29 is 0 Å². The zero-order valence-corrected chi connectivity index (χ0v) is 10.9. The average Bonchev–Trinajstić information content (AvgIpc) is 2.94. The smallest absolute Gasteiger partial charge is 0.0178 e. The number of nitrogens with one attached hydrogen (secondary N) is 1. The van der Waals surface area contributed by atoms with E-state index in [1.54, 1.807) is 0 Å². The van der Waals surface area contributed by atoms with Crippen LogP contribution in [0.3, 0.4) is 0 Å². The normalized spacial score (nSPS) is 24.5. The van der Waals surface area contributed by atoms with E-state index in [0.717, 1.165) is 18.4 Å². The maximum Gasteiger partial charge on any atom is 0.0178 e. The lowest BCUT2D eigenvalue weighted by atomic mass is 10.1. The first-order valence-corrected chi connectivity index (χ1v) is 6.45. The second-order valence-electron chi connectivity index (χ2n) is 4.72. The summed E-state index contributed by atoms with van der Waals surface area (Å²) in [6, 6.07) is 9.32. The van der Waals surface area contributed by atoms with Gasteiger partial charge in [0.1, 0.15) is 0 Å². The van der Waals surface area contributed by atoms with Crippen molar-refractivity contribution in [3.63, 3.8) is 0 Å². The Morgan fingerprint density at radius 1 is 1.47 bits per heavy atom. The van der Waals surface area contributed by atoms with E-state index in [4.69, 9.17) is 0 Å². The van der Waals surface area contributed by atoms with Crippen molar-refractivity contribution in [2.75, 3.05) is 6.54 Å². The fourth-order valence-corrected chi connectivity index (χ4v) is 2.42. The summed E-state index contributed by atoms with van der Waals surface area (Å²) >= 11 is 3.52. The Hall–Kier alpha value is -0.340. The second-order valence-corrected chi connectivity index (χ2v) is 5.64. The van der Waals surface area contributed by atoms with Crippen molar-refractivity contribution in [2.45, 2.75) is 32.2 Å². The molecule has 2 unspecified atom stereocenters. The van der Waals surface area contributed by atoms with Crippen molar-refractivity contribution in [1.82, 2.24) is 5.32 Å². The van der Waals surface area contributed by atoms with Gasteiger partial charge < -0.3 is 5.32 Å². The fourth-order valence-electron chi connectivity index (χ4n) is 2.01. The van der Waals surface area contributed by atoms with Crippen LogP contribution in [0, 0.1) is 5.92 Å². The standard InChI is InChI=1S/C13H18BrN/c1-9(2)15-8-11-7-13(11)10-4-3-5-12(14)6-10/h3-6,9,11,13,15H,7-8H2,1-2H3. The first-order valence-electron chi connectivity index (χ1n) is 5.65. The molecule has 1 fully saturated rings. The first-order chi connectivity index (χ1) is 7.16. The van der Waals surface area contributed by atoms with Crippen LogP contribution in [0.25, 0.3) is 0 Å². The van der Waals surface area contributed by atoms with E-state index >= 15 is 0 Å². The van der Waals surface area contributed by atoms with Gasteiger partial charge in [-0.2, -0.15) is 0 Å². The Kier molecular flexibility index (Phi) is 3.47. The third-order valence-corrected chi connectivity index (χ3v) is 3.48. The van der Waals surface area contributed by atoms with Gasteiger partial charge in [-0.15, -0.1) is 0 Å². The summed E-state index contributed by atoms with van der Waals surface area (Å²) in [5.41, 5.74) is 1.49. The quantitative estimate of drug-likeness (QED) is 0.880. The molecule has 0 bridgehead atoms. The Morgan fingerprint density at radius 2 is 2.27 bits per heavy atom. The monoisotopic (exact) mass is 267 g/mol. The van der Waals surface area contributed by atoms with Gasteiger partial charge in [0.2, 0.25) is 0 Å². The van der Waals surface area contributed by atoms with Crippen LogP contribution in [-0.4, -0.2) is 12.6 Å². The summed E-state index contributed by atoms with van der Waals surface area (Å²) in [7, 11) is 0. The molecule has 1 aromatic carbocycles. The van der Waals surface area contributed by atoms with Crippen molar-refractivity contribution in [3.8, 4) is 0 Å². The largest absolute Gasteiger partial charge is 0.314 e. The highest BCUT2D eigenvalue weighted by atomic mass is 79.9. The number of hydrogen-bond donors (Lipinski definition) is 1. The SMILES string of the molecule is CC(C)NCC1CC1c1cccc(Br)c1. The Balaban J connectivity index is 1.88. The van der Waals surface area contributed by atoms with Crippen molar-refractivity contribution in [2.24, 2.45) is 5.92 Å². The lowest BCUT2D eigenvalue weighted by Crippen LogP contribution is -2.25. The molecule has 1 N–H and O–H groups in total. The molecule has 2 atom stereocenters. The molecule has 1 aliphatic rings. The van der Waals surface area contributed by atoms with E-state index in [0.29, 0.717) is 6.04 Å². The van der Waals surface area contributed by atoms with E-state index in [2.05, 4.69) is 59.4 Å². The van der Waals surface area contributed by atoms with E-state index in [-0.39, 0.29) is 0 Å². The number of halogens is 1. The molecular weight excluding hydrogens is 250 g/mol. The minimum Gasteiger partial charge on any atom is -0.314 e. The number of benzene rings is 1. The van der Waals surface area contributed by atoms with Crippen LogP contribution < -0.4 is 5.32 Å². The molecule has 0 heterocycles. The van der Waals surface area contributed by atoms with Gasteiger partial charge in [0.25, 0.3) is 0 Å². The Bertz CT molecular complexity index is 335. The molecule has 0 aromatic heterocycles. The maximum atomic E-state index is 3.52. The van der Waals surface area contributed by atoms with Gasteiger partial charge in [-0.25, -0.2) is 0 Å². The highest BCUT2D eigenvalue weighted by Crippen LogP contribution is 2.47. The van der Waals surface area contributed by atoms with Gasteiger partial charge in [-0.3, -0.25) is 0 Å². The highest BCUT2D eigenvalue weighted by Gasteiger charge is 2.37. The molecule has 0 amide bonds. The van der Waals surface area contributed by atoms with E-state index in [1.807, 2.05) is 0 Å². The minimum atomic E-state index is 0.605. The molecule has 0 radical (unpaired) electrons. The van der Waals surface area contributed by atoms with Crippen LogP contribution in [-0.2, 0) is 0 Å². The predicted molar refractivity (Wildman–Crippen MR) is 68.1 cm³/mol. The van der Waals surface area contributed by atoms with E-state index in [9.17, 15) is 0 Å². The molecule has 15 heavy (non-hydrogen) atoms. The van der Waals surface area contributed by atoms with Gasteiger partial charge in [-0.1, -0.05) is 41.9 Å². The minimum absolute atomic E-state index is 0.605. The fraction of sp³-hybridized carbons (Fsp3) is 0.538. The zero-order chi connectivity index (χ0) is 10.8. The lowest BCUT2D eigenvalue weighted by Gasteiger charge is -2.07. The lowest BCUT2D eigenvalue weighted by molar-refractivity contribution is 0.554. The van der Waals surface area contributed by atoms with Crippen LogP contribution >= 0.6 is 15.9 Å². The molecule has 1 aliphatic carbocycles. The Morgan fingerprint density at radius 3 is 2.93 bits per heavy atom. The van der Waals surface area contributed by atoms with Crippen LogP contribution in [0.5, 0.6) is 0 Å². The highest BCUT2D eigenvalue weighted by molar-refractivity contribution is 9.10. The third kappa shape index (κ3) is 3.05. The van der Waals surface area contributed by atoms with Gasteiger partial charge in [-0.05, 0) is 42.5 Å². The molecule has 0 saturated heterocycles. The van der Waals surface area contributed by atoms with Crippen molar-refractivity contribution in [3.05, 3.63) is 34.3 Å². The molecule has 2 heteroatoms. The second kappa shape index (κ2) is 4.67. The molecule has 1 saturated carbocycles. The summed E-state index contributed by atoms with van der Waals surface area (Å²) in [6.45, 7) is 5.57. The van der Waals surface area contributed by atoms with Gasteiger partial charge in [0, 0.05) is 10.5 Å². The molecular formula is C13H18BrN. The van der Waals surface area contributed by atoms with Crippen LogP contribution in [0.2, 0.25) is 0 Å². The molecule has 82 valence electrons. The average molecular weight is 268 g/mol. The molecule has 1 aromatic rings. The molecule has 1 nitrogen and oxygen atoms in total. The summed E-state index contributed by atoms with van der Waals surface area (Å²) in [5, 5.41) is 3.51. The van der Waals surface area contributed by atoms with Crippen molar-refractivity contribution >= 4 is 15.9 Å². The molecule has 2 rings (SSSR count). The number of rotatable bonds is 4. The predicted octanol–water partition coefficient (Wildman–Crippen LogP) is 3.55. The van der Waals surface area contributed by atoms with Gasteiger partial charge >= 0.3 is 0 Å². The Labute approximate surface area is 100 Å².